The number of nitrogens with zero attached hydrogens (tertiary/aromatic N) is 4. The van der Waals surface area contributed by atoms with Gasteiger partial charge in [-0.3, -0.25) is 9.89 Å². The first-order valence-electron chi connectivity index (χ1n) is 9.03. The summed E-state index contributed by atoms with van der Waals surface area (Å²) in [5, 5.41) is 16.2. The van der Waals surface area contributed by atoms with Crippen LogP contribution < -0.4 is 0 Å². The van der Waals surface area contributed by atoms with Crippen molar-refractivity contribution in [2.75, 3.05) is 0 Å². The summed E-state index contributed by atoms with van der Waals surface area (Å²) in [4.78, 5) is 25.5. The van der Waals surface area contributed by atoms with E-state index in [1.165, 1.54) is 0 Å². The minimum atomic E-state index is -0.115. The highest BCUT2D eigenvalue weighted by Crippen LogP contribution is 2.29. The molecule has 0 unspecified atom stereocenters. The van der Waals surface area contributed by atoms with Crippen molar-refractivity contribution in [3.63, 3.8) is 0 Å². The van der Waals surface area contributed by atoms with Crippen LogP contribution in [-0.2, 0) is 6.42 Å². The summed E-state index contributed by atoms with van der Waals surface area (Å²) in [6.45, 7) is 0. The Labute approximate surface area is 165 Å². The lowest BCUT2D eigenvalue weighted by Crippen LogP contribution is -2.05. The van der Waals surface area contributed by atoms with Crippen LogP contribution in [0.5, 0.6) is 0 Å². The molecule has 0 atom stereocenters. The van der Waals surface area contributed by atoms with Gasteiger partial charge in [0.05, 0.1) is 22.2 Å². The van der Waals surface area contributed by atoms with Gasteiger partial charge in [-0.05, 0) is 29.8 Å². The average Bonchev–Trinajstić information content (AvgIpc) is 3.36. The summed E-state index contributed by atoms with van der Waals surface area (Å²) in [6.07, 6.45) is 1.86. The first-order valence-corrected chi connectivity index (χ1v) is 9.03. The fraction of sp³-hybridized carbons (Fsp3) is 0.0455. The quantitative estimate of drug-likeness (QED) is 0.462. The molecule has 0 aliphatic rings. The highest BCUT2D eigenvalue weighted by molar-refractivity contribution is 6.03. The molecule has 0 spiro atoms. The molecule has 5 aromatic rings. The molecule has 138 valence electrons. The third-order valence-corrected chi connectivity index (χ3v) is 4.78. The number of carbonyl (C=O) groups is 1. The number of pyridine rings is 1. The number of nitrogens with one attached hydrogen (secondary N) is 2. The lowest BCUT2D eigenvalue weighted by atomic mass is 10.1. The van der Waals surface area contributed by atoms with Crippen molar-refractivity contribution in [2.45, 2.75) is 6.42 Å². The predicted molar refractivity (Wildman–Crippen MR) is 108 cm³/mol. The minimum Gasteiger partial charge on any atom is -0.300 e. The topological polar surface area (TPSA) is 111 Å². The molecule has 0 saturated heterocycles. The van der Waals surface area contributed by atoms with Gasteiger partial charge in [-0.1, -0.05) is 30.3 Å². The van der Waals surface area contributed by atoms with Crippen LogP contribution in [0, 0.1) is 11.3 Å². The smallest absolute Gasteiger partial charge is 0.204 e. The van der Waals surface area contributed by atoms with Crippen LogP contribution in [0.25, 0.3) is 33.2 Å². The van der Waals surface area contributed by atoms with Crippen LogP contribution >= 0.6 is 0 Å². The molecule has 0 fully saturated rings. The van der Waals surface area contributed by atoms with Crippen molar-refractivity contribution in [1.29, 1.82) is 5.26 Å². The summed E-state index contributed by atoms with van der Waals surface area (Å²) >= 11 is 0. The molecule has 0 aliphatic heterocycles. The van der Waals surface area contributed by atoms with Gasteiger partial charge in [-0.25, -0.2) is 15.0 Å². The van der Waals surface area contributed by atoms with Crippen molar-refractivity contribution >= 4 is 27.7 Å². The van der Waals surface area contributed by atoms with E-state index in [4.69, 9.17) is 5.26 Å². The number of ketones is 1. The van der Waals surface area contributed by atoms with Gasteiger partial charge in [-0.2, -0.15) is 5.26 Å². The van der Waals surface area contributed by atoms with E-state index in [1.54, 1.807) is 12.3 Å². The summed E-state index contributed by atoms with van der Waals surface area (Å²) in [7, 11) is 0. The molecule has 3 aromatic heterocycles. The molecule has 3 heterocycles. The Balaban J connectivity index is 1.55. The molecule has 0 radical (unpaired) electrons. The number of Topliss-reactive ketones (excluding diaryl/α,β-unsaturated/α-hetero) is 1. The maximum Gasteiger partial charge on any atom is 0.204 e. The Hall–Kier alpha value is -4.31. The van der Waals surface area contributed by atoms with Gasteiger partial charge in [0.15, 0.2) is 5.82 Å². The zero-order valence-corrected chi connectivity index (χ0v) is 15.2. The summed E-state index contributed by atoms with van der Waals surface area (Å²) < 4.78 is 0. The largest absolute Gasteiger partial charge is 0.300 e. The van der Waals surface area contributed by atoms with E-state index in [1.807, 2.05) is 54.6 Å². The summed E-state index contributed by atoms with van der Waals surface area (Å²) in [6, 6.07) is 18.9. The molecule has 0 amide bonds. The number of hydrogen-bond donors (Lipinski definition) is 2. The normalized spacial score (nSPS) is 11.0. The monoisotopic (exact) mass is 378 g/mol. The molecule has 2 aromatic carbocycles. The van der Waals surface area contributed by atoms with Crippen molar-refractivity contribution in [1.82, 2.24) is 25.1 Å². The van der Waals surface area contributed by atoms with Crippen molar-refractivity contribution in [2.24, 2.45) is 0 Å². The van der Waals surface area contributed by atoms with Crippen LogP contribution in [0.1, 0.15) is 21.9 Å². The number of carbonyl (C=O) groups excluding carboxylic acids is 1. The van der Waals surface area contributed by atoms with Crippen molar-refractivity contribution in [3.8, 4) is 17.3 Å². The summed E-state index contributed by atoms with van der Waals surface area (Å²) in [5.41, 5.74) is 5.07. The molecule has 5 rings (SSSR count). The van der Waals surface area contributed by atoms with Gasteiger partial charge in [-0.15, -0.1) is 0 Å². The number of nitriles is 1. The zero-order chi connectivity index (χ0) is 19.8. The molecule has 2 N–H and O–H groups in total. The fourth-order valence-electron chi connectivity index (χ4n) is 3.38. The van der Waals surface area contributed by atoms with Crippen LogP contribution in [0.4, 0.5) is 0 Å². The van der Waals surface area contributed by atoms with E-state index in [0.29, 0.717) is 16.7 Å². The number of aromatic nitrogens is 5. The van der Waals surface area contributed by atoms with Crippen LogP contribution in [0.3, 0.4) is 0 Å². The molecular formula is C22H14N6O. The van der Waals surface area contributed by atoms with Gasteiger partial charge >= 0.3 is 0 Å². The molecular weight excluding hydrogens is 364 g/mol. The number of benzene rings is 2. The van der Waals surface area contributed by atoms with E-state index >= 15 is 0 Å². The minimum absolute atomic E-state index is 0.115. The van der Waals surface area contributed by atoms with Gasteiger partial charge in [0.1, 0.15) is 11.8 Å². The van der Waals surface area contributed by atoms with Gasteiger partial charge in [0.2, 0.25) is 5.78 Å². The molecule has 0 bridgehead atoms. The van der Waals surface area contributed by atoms with Crippen LogP contribution in [-0.4, -0.2) is 30.9 Å². The second-order valence-electron chi connectivity index (χ2n) is 6.69. The first-order chi connectivity index (χ1) is 14.2. The van der Waals surface area contributed by atoms with E-state index < -0.39 is 0 Å². The van der Waals surface area contributed by atoms with Crippen molar-refractivity contribution < 1.29 is 4.79 Å². The van der Waals surface area contributed by atoms with Crippen LogP contribution in [0.2, 0.25) is 0 Å². The third-order valence-electron chi connectivity index (χ3n) is 4.78. The molecule has 29 heavy (non-hydrogen) atoms. The highest BCUT2D eigenvalue weighted by Gasteiger charge is 2.16. The van der Waals surface area contributed by atoms with E-state index in [-0.39, 0.29) is 18.0 Å². The SMILES string of the molecule is N#Cc1cc(-c2[nH][nH]c3cc4nc(C(=O)Cc5ccccc5)nc4cc23)ccn1. The van der Waals surface area contributed by atoms with Gasteiger partial charge in [0.25, 0.3) is 0 Å². The number of imidazole rings is 1. The zero-order valence-electron chi connectivity index (χ0n) is 15.2. The number of H-pyrrole nitrogens is 2. The molecule has 0 saturated carbocycles. The predicted octanol–water partition coefficient (Wildman–Crippen LogP) is 3.80. The maximum absolute atomic E-state index is 12.6. The van der Waals surface area contributed by atoms with Crippen molar-refractivity contribution in [3.05, 3.63) is 77.9 Å². The summed E-state index contributed by atoms with van der Waals surface area (Å²) in [5.74, 6) is 0.105. The standard InChI is InChI=1S/C22H14N6O/c23-12-15-9-14(6-7-24-15)21-16-10-18-19(11-17(16)27-28-21)26-22(25-18)20(29)8-13-4-2-1-3-5-13/h1-7,9-11,27-28H,8H2. The van der Waals surface area contributed by atoms with Gasteiger partial charge in [0, 0.05) is 23.6 Å². The molecule has 7 nitrogen and oxygen atoms in total. The fourth-order valence-corrected chi connectivity index (χ4v) is 3.38. The van der Waals surface area contributed by atoms with E-state index in [2.05, 4.69) is 25.1 Å². The second-order valence-corrected chi connectivity index (χ2v) is 6.69. The number of aromatic amines is 2. The lowest BCUT2D eigenvalue weighted by molar-refractivity contribution is 0.0984. The second kappa shape index (κ2) is 6.69. The van der Waals surface area contributed by atoms with E-state index in [9.17, 15) is 4.79 Å². The first kappa shape index (κ1) is 16.8. The maximum atomic E-state index is 12.6. The Morgan fingerprint density at radius 3 is 2.59 bits per heavy atom. The molecule has 7 heteroatoms. The number of hydrogen-bond acceptors (Lipinski definition) is 5. The van der Waals surface area contributed by atoms with Gasteiger partial charge < -0.3 is 5.10 Å². The Kier molecular flexibility index (Phi) is 3.88. The molecule has 0 aliphatic carbocycles. The Morgan fingerprint density at radius 2 is 1.79 bits per heavy atom. The number of rotatable bonds is 4. The Morgan fingerprint density at radius 1 is 1.00 bits per heavy atom. The average molecular weight is 378 g/mol. The Bertz CT molecular complexity index is 1410. The van der Waals surface area contributed by atoms with Crippen LogP contribution in [0.15, 0.2) is 60.8 Å². The third kappa shape index (κ3) is 3.03. The highest BCUT2D eigenvalue weighted by atomic mass is 16.1. The lowest BCUT2D eigenvalue weighted by Gasteiger charge is -1.99. The van der Waals surface area contributed by atoms with E-state index in [0.717, 1.165) is 27.7 Å². The number of fused-ring (bicyclic) bond motifs is 2.